The second-order valence-corrected chi connectivity index (χ2v) is 22.7. The van der Waals surface area contributed by atoms with Gasteiger partial charge in [0.05, 0.1) is 0 Å². The molecule has 3 heteroatoms. The van der Waals surface area contributed by atoms with Gasteiger partial charge in [-0.3, -0.25) is 0 Å². The van der Waals surface area contributed by atoms with Gasteiger partial charge in [0.2, 0.25) is 0 Å². The molecule has 8 aromatic rings. The first-order valence-corrected chi connectivity index (χ1v) is 24.0. The van der Waals surface area contributed by atoms with Crippen molar-refractivity contribution >= 4 is 57.2 Å². The van der Waals surface area contributed by atoms with Gasteiger partial charge in [0.1, 0.15) is 0 Å². The molecule has 0 saturated heterocycles. The Morgan fingerprint density at radius 3 is 1.65 bits per heavy atom. The third-order valence-corrected chi connectivity index (χ3v) is 15.8. The number of fused-ring (bicyclic) bond motifs is 10. The molecule has 324 valence electrons. The van der Waals surface area contributed by atoms with E-state index in [0.717, 1.165) is 0 Å². The number of rotatable bonds is 3. The van der Waals surface area contributed by atoms with Crippen molar-refractivity contribution in [3.8, 4) is 33.4 Å². The maximum Gasteiger partial charge on any atom is 0.252 e. The Bertz CT molecular complexity index is 3350. The average molecular weight is 855 g/mol. The van der Waals surface area contributed by atoms with Crippen molar-refractivity contribution in [2.75, 3.05) is 9.80 Å². The van der Waals surface area contributed by atoms with Crippen LogP contribution in [0, 0.1) is 6.92 Å². The van der Waals surface area contributed by atoms with Gasteiger partial charge in [-0.05, 0) is 155 Å². The lowest BCUT2D eigenvalue weighted by Crippen LogP contribution is -2.61. The third-order valence-electron chi connectivity index (χ3n) is 15.8. The van der Waals surface area contributed by atoms with Gasteiger partial charge in [-0.15, -0.1) is 0 Å². The summed E-state index contributed by atoms with van der Waals surface area (Å²) in [6.07, 6.45) is 0. The van der Waals surface area contributed by atoms with E-state index >= 15 is 0 Å². The zero-order valence-electron chi connectivity index (χ0n) is 40.5. The van der Waals surface area contributed by atoms with Crippen LogP contribution in [0.3, 0.4) is 0 Å². The molecule has 0 bridgehead atoms. The Balaban J connectivity index is 1.08. The summed E-state index contributed by atoms with van der Waals surface area (Å²) in [4.78, 5) is 5.18. The lowest BCUT2D eigenvalue weighted by Gasteiger charge is -2.45. The predicted molar refractivity (Wildman–Crippen MR) is 283 cm³/mol. The van der Waals surface area contributed by atoms with E-state index in [9.17, 15) is 0 Å². The molecule has 8 aromatic carbocycles. The zero-order chi connectivity index (χ0) is 45.8. The van der Waals surface area contributed by atoms with Gasteiger partial charge < -0.3 is 9.80 Å². The van der Waals surface area contributed by atoms with E-state index in [4.69, 9.17) is 0 Å². The molecule has 0 atom stereocenters. The minimum Gasteiger partial charge on any atom is -0.311 e. The number of anilines is 6. The molecule has 2 aliphatic heterocycles. The molecule has 0 fully saturated rings. The maximum absolute atomic E-state index is 2.59. The third kappa shape index (κ3) is 5.74. The fourth-order valence-corrected chi connectivity index (χ4v) is 12.2. The average Bonchev–Trinajstić information content (AvgIpc) is 3.67. The van der Waals surface area contributed by atoms with Crippen molar-refractivity contribution < 1.29 is 0 Å². The molecule has 0 saturated carbocycles. The summed E-state index contributed by atoms with van der Waals surface area (Å²) < 4.78 is 0. The van der Waals surface area contributed by atoms with Gasteiger partial charge in [0.25, 0.3) is 6.71 Å². The minimum atomic E-state index is -0.114. The fourth-order valence-electron chi connectivity index (χ4n) is 12.2. The summed E-state index contributed by atoms with van der Waals surface area (Å²) in [7, 11) is 0. The van der Waals surface area contributed by atoms with Crippen molar-refractivity contribution in [3.63, 3.8) is 0 Å². The number of benzene rings is 8. The van der Waals surface area contributed by atoms with Crippen LogP contribution < -0.4 is 26.2 Å². The molecule has 0 amide bonds. The van der Waals surface area contributed by atoms with Crippen molar-refractivity contribution in [1.82, 2.24) is 0 Å². The predicted octanol–water partition coefficient (Wildman–Crippen LogP) is 15.0. The van der Waals surface area contributed by atoms with Crippen LogP contribution in [0.25, 0.3) is 33.4 Å². The molecular formula is C63H59BN2. The topological polar surface area (TPSA) is 6.48 Å². The fraction of sp³-hybridized carbons (Fsp3) is 0.238. The van der Waals surface area contributed by atoms with Gasteiger partial charge in [0.15, 0.2) is 0 Å². The van der Waals surface area contributed by atoms with Crippen LogP contribution in [0.15, 0.2) is 158 Å². The number of hydrogen-bond donors (Lipinski definition) is 0. The molecular weight excluding hydrogens is 796 g/mol. The Labute approximate surface area is 393 Å². The SMILES string of the molecule is Cc1cc2c3c(c1)N(c1ccc(-c4cccc5c4-c4ccccc4C5(C)C)cc1)c1cc(C(C)(C)C)ccc1B3c1cc(C(C)(C)C)ccc1N2c1ccc2c(c1)C(C)(C)c1ccccc1-2. The van der Waals surface area contributed by atoms with Gasteiger partial charge in [-0.25, -0.2) is 0 Å². The first-order chi connectivity index (χ1) is 31.4. The van der Waals surface area contributed by atoms with Crippen LogP contribution in [0.2, 0.25) is 0 Å². The normalized spacial score (nSPS) is 15.7. The summed E-state index contributed by atoms with van der Waals surface area (Å²) in [6.45, 7) is 25.9. The quantitative estimate of drug-likeness (QED) is 0.163. The summed E-state index contributed by atoms with van der Waals surface area (Å²) >= 11 is 0. The Hall–Kier alpha value is -6.58. The summed E-state index contributed by atoms with van der Waals surface area (Å²) in [5, 5.41) is 0. The standard InChI is InChI=1S/C63H59BN2/c1-38-33-56-59-57(34-38)66(43-29-30-46-45-17-12-14-20-48(45)63(10,11)51(46)37-43)54-32-26-40(60(2,3)4)35-53(54)64(59)52-31-25-41(61(5,6)7)36-55(52)65(56)42-27-23-39(24-28-42)44-19-16-22-50-58(44)47-18-13-15-21-49(47)62(50,8)9/h12-37H,1-11H3. The minimum absolute atomic E-state index is 0.0162. The van der Waals surface area contributed by atoms with E-state index in [-0.39, 0.29) is 28.4 Å². The van der Waals surface area contributed by atoms with E-state index in [0.29, 0.717) is 0 Å². The number of aryl methyl sites for hydroxylation is 1. The number of hydrogen-bond acceptors (Lipinski definition) is 2. The molecule has 4 aliphatic rings. The molecule has 0 aromatic heterocycles. The summed E-state index contributed by atoms with van der Waals surface area (Å²) in [5.74, 6) is 0. The highest BCUT2D eigenvalue weighted by Gasteiger charge is 2.45. The van der Waals surface area contributed by atoms with Crippen molar-refractivity contribution in [2.24, 2.45) is 0 Å². The van der Waals surface area contributed by atoms with Crippen LogP contribution in [0.1, 0.15) is 108 Å². The van der Waals surface area contributed by atoms with Gasteiger partial charge in [-0.1, -0.05) is 178 Å². The smallest absolute Gasteiger partial charge is 0.252 e. The summed E-state index contributed by atoms with van der Waals surface area (Å²) in [5.41, 5.74) is 28.7. The maximum atomic E-state index is 2.59. The summed E-state index contributed by atoms with van der Waals surface area (Å²) in [6, 6.07) is 61.2. The highest BCUT2D eigenvalue weighted by atomic mass is 15.2. The molecule has 0 N–H and O–H groups in total. The molecule has 0 radical (unpaired) electrons. The largest absolute Gasteiger partial charge is 0.311 e. The lowest BCUT2D eigenvalue weighted by atomic mass is 9.33. The van der Waals surface area contributed by atoms with Crippen molar-refractivity contribution in [2.45, 2.75) is 97.8 Å². The van der Waals surface area contributed by atoms with Crippen LogP contribution in [-0.2, 0) is 21.7 Å². The molecule has 66 heavy (non-hydrogen) atoms. The first kappa shape index (κ1) is 40.9. The molecule has 2 aliphatic carbocycles. The lowest BCUT2D eigenvalue weighted by molar-refractivity contribution is 0.590. The molecule has 0 spiro atoms. The Morgan fingerprint density at radius 2 is 0.955 bits per heavy atom. The van der Waals surface area contributed by atoms with Crippen LogP contribution in [0.5, 0.6) is 0 Å². The molecule has 12 rings (SSSR count). The molecule has 2 nitrogen and oxygen atoms in total. The zero-order valence-corrected chi connectivity index (χ0v) is 40.5. The number of nitrogens with zero attached hydrogens (tertiary/aromatic N) is 2. The first-order valence-electron chi connectivity index (χ1n) is 24.0. The van der Waals surface area contributed by atoms with Gasteiger partial charge in [-0.2, -0.15) is 0 Å². The van der Waals surface area contributed by atoms with E-state index in [1.165, 1.54) is 123 Å². The van der Waals surface area contributed by atoms with Crippen LogP contribution in [0.4, 0.5) is 34.1 Å². The van der Waals surface area contributed by atoms with Crippen LogP contribution in [-0.4, -0.2) is 6.71 Å². The van der Waals surface area contributed by atoms with Gasteiger partial charge in [0, 0.05) is 45.0 Å². The monoisotopic (exact) mass is 854 g/mol. The molecule has 2 heterocycles. The van der Waals surface area contributed by atoms with Crippen LogP contribution >= 0.6 is 0 Å². The van der Waals surface area contributed by atoms with E-state index in [1.54, 1.807) is 0 Å². The Morgan fingerprint density at radius 1 is 0.409 bits per heavy atom. The molecule has 0 unspecified atom stereocenters. The second-order valence-electron chi connectivity index (χ2n) is 22.7. The van der Waals surface area contributed by atoms with E-state index < -0.39 is 0 Å². The van der Waals surface area contributed by atoms with Crippen molar-refractivity contribution in [3.05, 3.63) is 197 Å². The van der Waals surface area contributed by atoms with Crippen molar-refractivity contribution in [1.29, 1.82) is 0 Å². The van der Waals surface area contributed by atoms with Gasteiger partial charge >= 0.3 is 0 Å². The second kappa shape index (κ2) is 13.7. The highest BCUT2D eigenvalue weighted by Crippen LogP contribution is 2.54. The highest BCUT2D eigenvalue weighted by molar-refractivity contribution is 7.00. The van der Waals surface area contributed by atoms with E-state index in [2.05, 4.69) is 244 Å². The van der Waals surface area contributed by atoms with E-state index in [1.807, 2.05) is 0 Å². The Kier molecular flexibility index (Phi) is 8.51.